The lowest BCUT2D eigenvalue weighted by molar-refractivity contribution is 0.102. The largest absolute Gasteiger partial charge is 0.497 e. The standard InChI is InChI=1S/C28H26N2O5/c1-32-24-8-3-20(4-9-24)18-34-26-12-7-22(28(31)30-23-13-15-29-16-14-23)17-27(26)35-19-21-5-10-25(33-2)11-6-21/h3-17H,18-19H2,1-2H3,(H,29,30,31). The molecule has 0 fully saturated rings. The molecule has 0 aliphatic heterocycles. The molecular formula is C28H26N2O5. The lowest BCUT2D eigenvalue weighted by atomic mass is 10.1. The number of nitrogens with zero attached hydrogens (tertiary/aromatic N) is 1. The molecule has 0 spiro atoms. The Hall–Kier alpha value is -4.52. The van der Waals surface area contributed by atoms with Crippen molar-refractivity contribution >= 4 is 11.6 Å². The van der Waals surface area contributed by atoms with Gasteiger partial charge in [0.25, 0.3) is 5.91 Å². The molecule has 4 aromatic rings. The number of carbonyl (C=O) groups is 1. The Bertz CT molecular complexity index is 1240. The zero-order valence-corrected chi connectivity index (χ0v) is 19.6. The number of pyridine rings is 1. The lowest BCUT2D eigenvalue weighted by Gasteiger charge is -2.15. The Labute approximate surface area is 204 Å². The second-order valence-corrected chi connectivity index (χ2v) is 7.63. The Kier molecular flexibility index (Phi) is 7.81. The zero-order valence-electron chi connectivity index (χ0n) is 19.6. The second-order valence-electron chi connectivity index (χ2n) is 7.63. The molecule has 4 rings (SSSR count). The van der Waals surface area contributed by atoms with Crippen LogP contribution in [0, 0.1) is 0 Å². The predicted octanol–water partition coefficient (Wildman–Crippen LogP) is 5.51. The van der Waals surface area contributed by atoms with Crippen LogP contribution in [0.5, 0.6) is 23.0 Å². The van der Waals surface area contributed by atoms with E-state index in [1.165, 1.54) is 0 Å². The van der Waals surface area contributed by atoms with Gasteiger partial charge in [0.1, 0.15) is 24.7 Å². The van der Waals surface area contributed by atoms with Crippen molar-refractivity contribution in [3.8, 4) is 23.0 Å². The summed E-state index contributed by atoms with van der Waals surface area (Å²) in [5.41, 5.74) is 3.04. The van der Waals surface area contributed by atoms with Crippen LogP contribution in [0.25, 0.3) is 0 Å². The van der Waals surface area contributed by atoms with Crippen LogP contribution in [0.1, 0.15) is 21.5 Å². The Morgan fingerprint density at radius 3 is 1.80 bits per heavy atom. The first-order chi connectivity index (χ1) is 17.1. The number of anilines is 1. The number of aromatic nitrogens is 1. The summed E-state index contributed by atoms with van der Waals surface area (Å²) in [6.45, 7) is 0.643. The van der Waals surface area contributed by atoms with Crippen molar-refractivity contribution < 1.29 is 23.7 Å². The molecule has 35 heavy (non-hydrogen) atoms. The highest BCUT2D eigenvalue weighted by Crippen LogP contribution is 2.31. The molecule has 1 amide bonds. The van der Waals surface area contributed by atoms with Crippen molar-refractivity contribution in [1.29, 1.82) is 0 Å². The third kappa shape index (κ3) is 6.51. The topological polar surface area (TPSA) is 78.9 Å². The maximum atomic E-state index is 12.8. The van der Waals surface area contributed by atoms with Crippen molar-refractivity contribution in [2.75, 3.05) is 19.5 Å². The van der Waals surface area contributed by atoms with E-state index in [1.807, 2.05) is 48.5 Å². The highest BCUT2D eigenvalue weighted by molar-refractivity contribution is 6.04. The van der Waals surface area contributed by atoms with E-state index >= 15 is 0 Å². The first-order valence-corrected chi connectivity index (χ1v) is 11.0. The van der Waals surface area contributed by atoms with Crippen LogP contribution in [0.3, 0.4) is 0 Å². The number of amides is 1. The number of carbonyl (C=O) groups excluding carboxylic acids is 1. The monoisotopic (exact) mass is 470 g/mol. The van der Waals surface area contributed by atoms with E-state index in [9.17, 15) is 4.79 Å². The Morgan fingerprint density at radius 2 is 1.26 bits per heavy atom. The maximum Gasteiger partial charge on any atom is 0.255 e. The Morgan fingerprint density at radius 1 is 0.714 bits per heavy atom. The third-order valence-corrected chi connectivity index (χ3v) is 5.25. The SMILES string of the molecule is COc1ccc(COc2ccc(C(=O)Nc3ccncc3)cc2OCc2ccc(OC)cc2)cc1. The van der Waals surface area contributed by atoms with Gasteiger partial charge in [0, 0.05) is 23.6 Å². The fourth-order valence-corrected chi connectivity index (χ4v) is 3.29. The fraction of sp³-hybridized carbons (Fsp3) is 0.143. The summed E-state index contributed by atoms with van der Waals surface area (Å²) in [5.74, 6) is 2.30. The van der Waals surface area contributed by atoms with Crippen molar-refractivity contribution in [2.45, 2.75) is 13.2 Å². The molecule has 0 aliphatic carbocycles. The van der Waals surface area contributed by atoms with Gasteiger partial charge in [-0.15, -0.1) is 0 Å². The summed E-state index contributed by atoms with van der Waals surface area (Å²) < 4.78 is 22.6. The van der Waals surface area contributed by atoms with Gasteiger partial charge < -0.3 is 24.3 Å². The van der Waals surface area contributed by atoms with E-state index in [-0.39, 0.29) is 5.91 Å². The number of ether oxygens (including phenoxy) is 4. The molecule has 0 atom stereocenters. The van der Waals surface area contributed by atoms with Gasteiger partial charge in [0.05, 0.1) is 14.2 Å². The number of rotatable bonds is 10. The normalized spacial score (nSPS) is 10.3. The van der Waals surface area contributed by atoms with E-state index in [0.717, 1.165) is 22.6 Å². The molecule has 0 unspecified atom stereocenters. The molecule has 1 aromatic heterocycles. The molecule has 0 radical (unpaired) electrons. The molecule has 0 saturated heterocycles. The third-order valence-electron chi connectivity index (χ3n) is 5.25. The first-order valence-electron chi connectivity index (χ1n) is 11.0. The zero-order chi connectivity index (χ0) is 24.5. The molecule has 7 heteroatoms. The van der Waals surface area contributed by atoms with Gasteiger partial charge in [0.2, 0.25) is 0 Å². The number of methoxy groups -OCH3 is 2. The molecule has 7 nitrogen and oxygen atoms in total. The summed E-state index contributed by atoms with van der Waals surface area (Å²) in [4.78, 5) is 16.8. The number of nitrogens with one attached hydrogen (secondary N) is 1. The van der Waals surface area contributed by atoms with E-state index in [4.69, 9.17) is 18.9 Å². The van der Waals surface area contributed by atoms with Gasteiger partial charge in [-0.2, -0.15) is 0 Å². The number of hydrogen-bond acceptors (Lipinski definition) is 6. The molecular weight excluding hydrogens is 444 g/mol. The van der Waals surface area contributed by atoms with Crippen molar-refractivity contribution in [1.82, 2.24) is 4.98 Å². The minimum absolute atomic E-state index is 0.257. The highest BCUT2D eigenvalue weighted by Gasteiger charge is 2.13. The molecule has 0 bridgehead atoms. The van der Waals surface area contributed by atoms with Crippen molar-refractivity contribution in [3.63, 3.8) is 0 Å². The van der Waals surface area contributed by atoms with Gasteiger partial charge >= 0.3 is 0 Å². The number of benzene rings is 3. The van der Waals surface area contributed by atoms with Gasteiger partial charge in [-0.25, -0.2) is 0 Å². The van der Waals surface area contributed by atoms with E-state index in [1.54, 1.807) is 56.9 Å². The number of hydrogen-bond donors (Lipinski definition) is 1. The van der Waals surface area contributed by atoms with Crippen LogP contribution in [0.15, 0.2) is 91.3 Å². The highest BCUT2D eigenvalue weighted by atomic mass is 16.5. The van der Waals surface area contributed by atoms with Gasteiger partial charge in [-0.1, -0.05) is 24.3 Å². The molecule has 3 aromatic carbocycles. The Balaban J connectivity index is 1.52. The van der Waals surface area contributed by atoms with Gasteiger partial charge in [-0.05, 0) is 65.7 Å². The molecule has 0 aliphatic rings. The smallest absolute Gasteiger partial charge is 0.255 e. The summed E-state index contributed by atoms with van der Waals surface area (Å²) in [6.07, 6.45) is 3.24. The van der Waals surface area contributed by atoms with E-state index in [2.05, 4.69) is 10.3 Å². The summed E-state index contributed by atoms with van der Waals surface area (Å²) >= 11 is 0. The molecule has 1 N–H and O–H groups in total. The average Bonchev–Trinajstić information content (AvgIpc) is 2.92. The summed E-state index contributed by atoms with van der Waals surface area (Å²) in [7, 11) is 3.25. The van der Waals surface area contributed by atoms with E-state index in [0.29, 0.717) is 36.0 Å². The lowest BCUT2D eigenvalue weighted by Crippen LogP contribution is -2.12. The van der Waals surface area contributed by atoms with Crippen molar-refractivity contribution in [3.05, 3.63) is 108 Å². The fourth-order valence-electron chi connectivity index (χ4n) is 3.29. The van der Waals surface area contributed by atoms with Crippen LogP contribution in [-0.2, 0) is 13.2 Å². The molecule has 0 saturated carbocycles. The summed E-state index contributed by atoms with van der Waals surface area (Å²) in [6, 6.07) is 23.8. The minimum atomic E-state index is -0.257. The quantitative estimate of drug-likeness (QED) is 0.329. The van der Waals surface area contributed by atoms with Crippen LogP contribution in [0.4, 0.5) is 5.69 Å². The average molecular weight is 471 g/mol. The second kappa shape index (κ2) is 11.6. The van der Waals surface area contributed by atoms with Crippen LogP contribution < -0.4 is 24.3 Å². The molecule has 178 valence electrons. The molecule has 1 heterocycles. The van der Waals surface area contributed by atoms with Gasteiger partial charge in [-0.3, -0.25) is 9.78 Å². The summed E-state index contributed by atoms with van der Waals surface area (Å²) in [5, 5.41) is 2.86. The van der Waals surface area contributed by atoms with E-state index < -0.39 is 0 Å². The van der Waals surface area contributed by atoms with Crippen LogP contribution in [-0.4, -0.2) is 25.1 Å². The maximum absolute atomic E-state index is 12.8. The van der Waals surface area contributed by atoms with Gasteiger partial charge in [0.15, 0.2) is 11.5 Å². The first kappa shape index (κ1) is 23.6. The van der Waals surface area contributed by atoms with Crippen molar-refractivity contribution in [2.24, 2.45) is 0 Å². The van der Waals surface area contributed by atoms with Crippen LogP contribution in [0.2, 0.25) is 0 Å². The predicted molar refractivity (Wildman–Crippen MR) is 133 cm³/mol. The minimum Gasteiger partial charge on any atom is -0.497 e. The van der Waals surface area contributed by atoms with Crippen LogP contribution >= 0.6 is 0 Å².